The Kier molecular flexibility index (Phi) is 7.15. The topological polar surface area (TPSA) is 96.4 Å². The van der Waals surface area contributed by atoms with Crippen molar-refractivity contribution in [3.8, 4) is 0 Å². The molecule has 0 aliphatic carbocycles. The summed E-state index contributed by atoms with van der Waals surface area (Å²) in [4.78, 5) is 46.5. The molecular formula is C26H24ClN4O3+. The van der Waals surface area contributed by atoms with Gasteiger partial charge in [-0.15, -0.1) is 0 Å². The minimum atomic E-state index is -0.260. The smallest absolute Gasteiger partial charge is 0.279 e. The zero-order valence-electron chi connectivity index (χ0n) is 18.6. The van der Waals surface area contributed by atoms with Crippen LogP contribution >= 0.6 is 11.6 Å². The first kappa shape index (κ1) is 23.4. The average molecular weight is 476 g/mol. The van der Waals surface area contributed by atoms with Crippen LogP contribution in [0.5, 0.6) is 0 Å². The number of fused-ring (bicyclic) bond motifs is 1. The lowest BCUT2D eigenvalue weighted by atomic mass is 10.0. The van der Waals surface area contributed by atoms with Crippen LogP contribution in [0.1, 0.15) is 28.7 Å². The maximum Gasteiger partial charge on any atom is 0.279 e. The Morgan fingerprint density at radius 3 is 2.53 bits per heavy atom. The van der Waals surface area contributed by atoms with Crippen molar-refractivity contribution in [3.05, 3.63) is 105 Å². The van der Waals surface area contributed by atoms with Crippen LogP contribution in [-0.2, 0) is 11.3 Å². The van der Waals surface area contributed by atoms with E-state index in [1.165, 1.54) is 0 Å². The number of rotatable bonds is 8. The summed E-state index contributed by atoms with van der Waals surface area (Å²) in [6, 6.07) is 20.8. The number of quaternary nitrogens is 1. The monoisotopic (exact) mass is 475 g/mol. The molecule has 8 heteroatoms. The minimum Gasteiger partial charge on any atom is -0.321 e. The summed E-state index contributed by atoms with van der Waals surface area (Å²) in [6.45, 7) is 3.10. The average Bonchev–Trinajstić information content (AvgIpc) is 2.85. The van der Waals surface area contributed by atoms with Gasteiger partial charge in [0, 0.05) is 16.1 Å². The number of benzene rings is 3. The Morgan fingerprint density at radius 1 is 1.03 bits per heavy atom. The van der Waals surface area contributed by atoms with Crippen molar-refractivity contribution < 1.29 is 14.5 Å². The highest BCUT2D eigenvalue weighted by Gasteiger charge is 2.19. The Balaban J connectivity index is 1.50. The van der Waals surface area contributed by atoms with Crippen molar-refractivity contribution in [2.75, 3.05) is 18.4 Å². The van der Waals surface area contributed by atoms with Crippen molar-refractivity contribution in [2.24, 2.45) is 0 Å². The van der Waals surface area contributed by atoms with Gasteiger partial charge in [-0.2, -0.15) is 0 Å². The van der Waals surface area contributed by atoms with Gasteiger partial charge in [0.2, 0.25) is 0 Å². The molecular weight excluding hydrogens is 452 g/mol. The molecule has 7 nitrogen and oxygen atoms in total. The number of carbonyl (C=O) groups is 2. The van der Waals surface area contributed by atoms with Gasteiger partial charge in [0.25, 0.3) is 11.5 Å². The molecule has 0 bridgehead atoms. The predicted octanol–water partition coefficient (Wildman–Crippen LogP) is 2.85. The summed E-state index contributed by atoms with van der Waals surface area (Å²) in [6.07, 6.45) is 0. The standard InChI is InChI=1S/C26H23ClN4O3/c1-2-31(15-23-28-21-11-7-6-10-19(21)26(34)30-23)16-24(32)29-22-13-12-18(27)14-20(22)25(33)17-8-4-3-5-9-17/h3-14H,2,15-16H2,1H3,(H,29,32)(H,28,30,34)/p+1. The summed E-state index contributed by atoms with van der Waals surface area (Å²) >= 11 is 6.13. The van der Waals surface area contributed by atoms with Gasteiger partial charge in [0.05, 0.1) is 23.1 Å². The quantitative estimate of drug-likeness (QED) is 0.341. The normalized spacial score (nSPS) is 11.8. The van der Waals surface area contributed by atoms with Crippen molar-refractivity contribution in [2.45, 2.75) is 13.5 Å². The second-order valence-electron chi connectivity index (χ2n) is 7.92. The summed E-state index contributed by atoms with van der Waals surface area (Å²) in [5.41, 5.74) is 1.64. The lowest BCUT2D eigenvalue weighted by molar-refractivity contribution is -0.904. The number of ketones is 1. The van der Waals surface area contributed by atoms with E-state index in [4.69, 9.17) is 11.6 Å². The summed E-state index contributed by atoms with van der Waals surface area (Å²) < 4.78 is 0. The fourth-order valence-corrected chi connectivity index (χ4v) is 3.92. The number of aromatic nitrogens is 2. The van der Waals surface area contributed by atoms with E-state index >= 15 is 0 Å². The number of hydrogen-bond acceptors (Lipinski definition) is 4. The van der Waals surface area contributed by atoms with E-state index in [9.17, 15) is 14.4 Å². The van der Waals surface area contributed by atoms with E-state index in [0.717, 1.165) is 4.90 Å². The van der Waals surface area contributed by atoms with Crippen LogP contribution < -0.4 is 15.8 Å². The third kappa shape index (κ3) is 5.39. The second kappa shape index (κ2) is 10.4. The molecule has 0 fully saturated rings. The third-order valence-electron chi connectivity index (χ3n) is 5.53. The Hall–Kier alpha value is -3.81. The Labute approximate surface area is 201 Å². The van der Waals surface area contributed by atoms with Crippen LogP contribution in [0.3, 0.4) is 0 Å². The van der Waals surface area contributed by atoms with Gasteiger partial charge in [-0.3, -0.25) is 14.4 Å². The van der Waals surface area contributed by atoms with E-state index in [0.29, 0.717) is 51.7 Å². The zero-order valence-corrected chi connectivity index (χ0v) is 19.4. The molecule has 1 heterocycles. The molecule has 1 amide bonds. The molecule has 0 saturated carbocycles. The number of H-pyrrole nitrogens is 1. The maximum absolute atomic E-state index is 13.0. The largest absolute Gasteiger partial charge is 0.321 e. The molecule has 0 spiro atoms. The van der Waals surface area contributed by atoms with Crippen LogP contribution in [0.25, 0.3) is 10.9 Å². The number of nitrogens with one attached hydrogen (secondary N) is 3. The molecule has 3 aromatic carbocycles. The highest BCUT2D eigenvalue weighted by molar-refractivity contribution is 6.31. The van der Waals surface area contributed by atoms with Gasteiger partial charge >= 0.3 is 0 Å². The molecule has 3 N–H and O–H groups in total. The third-order valence-corrected chi connectivity index (χ3v) is 5.76. The zero-order chi connectivity index (χ0) is 24.1. The number of carbonyl (C=O) groups excluding carboxylic acids is 2. The first-order valence-corrected chi connectivity index (χ1v) is 11.3. The van der Waals surface area contributed by atoms with Gasteiger partial charge < -0.3 is 15.2 Å². The molecule has 4 rings (SSSR count). The Bertz CT molecular complexity index is 1400. The molecule has 0 saturated heterocycles. The van der Waals surface area contributed by atoms with Gasteiger partial charge in [0.1, 0.15) is 6.54 Å². The minimum absolute atomic E-state index is 0.134. The highest BCUT2D eigenvalue weighted by Crippen LogP contribution is 2.23. The van der Waals surface area contributed by atoms with Crippen LogP contribution in [-0.4, -0.2) is 34.7 Å². The van der Waals surface area contributed by atoms with Crippen molar-refractivity contribution >= 4 is 39.9 Å². The van der Waals surface area contributed by atoms with Crippen LogP contribution in [0, 0.1) is 0 Å². The van der Waals surface area contributed by atoms with Crippen LogP contribution in [0.15, 0.2) is 77.6 Å². The predicted molar refractivity (Wildman–Crippen MR) is 132 cm³/mol. The van der Waals surface area contributed by atoms with Gasteiger partial charge in [-0.25, -0.2) is 4.98 Å². The molecule has 1 unspecified atom stereocenters. The number of amides is 1. The number of likely N-dealkylation sites (N-methyl/N-ethyl adjacent to an activating group) is 1. The van der Waals surface area contributed by atoms with Gasteiger partial charge in [0.15, 0.2) is 18.2 Å². The fourth-order valence-electron chi connectivity index (χ4n) is 3.75. The number of nitrogens with zero attached hydrogens (tertiary/aromatic N) is 1. The molecule has 1 aromatic heterocycles. The summed E-state index contributed by atoms with van der Waals surface area (Å²) in [7, 11) is 0. The van der Waals surface area contributed by atoms with E-state index in [1.807, 2.05) is 19.1 Å². The van der Waals surface area contributed by atoms with Crippen LogP contribution in [0.2, 0.25) is 5.02 Å². The molecule has 1 atom stereocenters. The van der Waals surface area contributed by atoms with E-state index in [2.05, 4.69) is 15.3 Å². The molecule has 0 aliphatic rings. The van der Waals surface area contributed by atoms with E-state index in [1.54, 1.807) is 60.7 Å². The molecule has 172 valence electrons. The maximum atomic E-state index is 13.0. The van der Waals surface area contributed by atoms with Gasteiger partial charge in [-0.05, 0) is 37.3 Å². The van der Waals surface area contributed by atoms with Gasteiger partial charge in [-0.1, -0.05) is 54.1 Å². The number of hydrogen-bond donors (Lipinski definition) is 3. The van der Waals surface area contributed by atoms with Crippen LogP contribution in [0.4, 0.5) is 5.69 Å². The second-order valence-corrected chi connectivity index (χ2v) is 8.36. The number of para-hydroxylation sites is 1. The summed E-state index contributed by atoms with van der Waals surface area (Å²) in [5.74, 6) is 0.0280. The molecule has 34 heavy (non-hydrogen) atoms. The van der Waals surface area contributed by atoms with E-state index < -0.39 is 0 Å². The first-order valence-electron chi connectivity index (χ1n) is 10.9. The highest BCUT2D eigenvalue weighted by atomic mass is 35.5. The van der Waals surface area contributed by atoms with Crippen molar-refractivity contribution in [1.82, 2.24) is 9.97 Å². The molecule has 0 radical (unpaired) electrons. The first-order chi connectivity index (χ1) is 16.4. The Morgan fingerprint density at radius 2 is 1.76 bits per heavy atom. The number of halogens is 1. The molecule has 4 aromatic rings. The van der Waals surface area contributed by atoms with Crippen molar-refractivity contribution in [3.63, 3.8) is 0 Å². The van der Waals surface area contributed by atoms with E-state index in [-0.39, 0.29) is 23.8 Å². The number of anilines is 1. The fraction of sp³-hybridized carbons (Fsp3) is 0.154. The van der Waals surface area contributed by atoms with Crippen molar-refractivity contribution in [1.29, 1.82) is 0 Å². The summed E-state index contributed by atoms with van der Waals surface area (Å²) in [5, 5.41) is 3.78. The lowest BCUT2D eigenvalue weighted by Gasteiger charge is -2.18. The molecule has 0 aliphatic heterocycles. The number of aromatic amines is 1. The SMILES string of the molecule is CC[NH+](CC(=O)Nc1ccc(Cl)cc1C(=O)c1ccccc1)Cc1nc2ccccc2c(=O)[nH]1. The lowest BCUT2D eigenvalue weighted by Crippen LogP contribution is -3.11.